The molecule has 204 valence electrons. The molecule has 1 saturated heterocycles. The van der Waals surface area contributed by atoms with E-state index in [1.54, 1.807) is 18.7 Å². The molecule has 1 atom stereocenters. The summed E-state index contributed by atoms with van der Waals surface area (Å²) in [7, 11) is -3.59. The summed E-state index contributed by atoms with van der Waals surface area (Å²) >= 11 is 0. The number of aromatic nitrogens is 1. The first-order valence-electron chi connectivity index (χ1n) is 11.0. The second-order valence-electron chi connectivity index (χ2n) is 8.49. The highest BCUT2D eigenvalue weighted by atomic mass is 32.2. The van der Waals surface area contributed by atoms with Gasteiger partial charge in [0.2, 0.25) is 5.91 Å². The first-order valence-corrected chi connectivity index (χ1v) is 12.9. The predicted molar refractivity (Wildman–Crippen MR) is 127 cm³/mol. The summed E-state index contributed by atoms with van der Waals surface area (Å²) in [5.41, 5.74) is 4.80. The largest absolute Gasteiger partial charge is 0.491 e. The molecule has 1 aromatic carbocycles. The minimum atomic E-state index is -4.71. The highest BCUT2D eigenvalue weighted by molar-refractivity contribution is 7.90. The maximum atomic E-state index is 14.4. The number of sulfone groups is 1. The van der Waals surface area contributed by atoms with Crippen LogP contribution in [0.25, 0.3) is 0 Å². The maximum Gasteiger partial charge on any atom is 0.417 e. The number of alkyl halides is 3. The number of rotatable bonds is 7. The van der Waals surface area contributed by atoms with E-state index in [1.165, 1.54) is 23.1 Å². The van der Waals surface area contributed by atoms with Gasteiger partial charge in [-0.1, -0.05) is 0 Å². The lowest BCUT2D eigenvalue weighted by molar-refractivity contribution is -0.138. The van der Waals surface area contributed by atoms with Crippen molar-refractivity contribution in [2.45, 2.75) is 37.1 Å². The molecule has 1 fully saturated rings. The van der Waals surface area contributed by atoms with Gasteiger partial charge in [0.1, 0.15) is 18.6 Å². The number of hydrogen-bond acceptors (Lipinski definition) is 8. The van der Waals surface area contributed by atoms with Crippen molar-refractivity contribution < 1.29 is 40.3 Å². The van der Waals surface area contributed by atoms with Crippen LogP contribution in [-0.2, 0) is 25.6 Å². The van der Waals surface area contributed by atoms with E-state index in [0.717, 1.165) is 6.26 Å². The fraction of sp³-hybridized carbons (Fsp3) is 0.435. The molecule has 3 rings (SSSR count). The summed E-state index contributed by atoms with van der Waals surface area (Å²) in [6.07, 6.45) is -3.37. The van der Waals surface area contributed by atoms with Crippen LogP contribution in [-0.4, -0.2) is 69.5 Å². The number of nitrogens with two attached hydrogens (primary N) is 1. The number of ether oxygens (including phenoxy) is 1. The van der Waals surface area contributed by atoms with Crippen molar-refractivity contribution in [2.75, 3.05) is 37.3 Å². The molecule has 0 saturated carbocycles. The minimum absolute atomic E-state index is 0.00971. The predicted octanol–water partition coefficient (Wildman–Crippen LogP) is 2.59. The third-order valence-electron chi connectivity index (χ3n) is 5.46. The lowest BCUT2D eigenvalue weighted by atomic mass is 10.0. The van der Waals surface area contributed by atoms with Crippen LogP contribution in [0.4, 0.5) is 23.4 Å². The van der Waals surface area contributed by atoms with Crippen molar-refractivity contribution in [3.63, 3.8) is 0 Å². The van der Waals surface area contributed by atoms with Gasteiger partial charge in [0, 0.05) is 44.2 Å². The van der Waals surface area contributed by atoms with Gasteiger partial charge in [0.25, 0.3) is 0 Å². The van der Waals surface area contributed by atoms with Crippen molar-refractivity contribution in [1.82, 2.24) is 9.88 Å². The Labute approximate surface area is 212 Å². The van der Waals surface area contributed by atoms with Crippen LogP contribution in [0, 0.1) is 5.82 Å². The third-order valence-corrected chi connectivity index (χ3v) is 6.57. The molecule has 1 aliphatic heterocycles. The van der Waals surface area contributed by atoms with Gasteiger partial charge < -0.3 is 20.2 Å². The highest BCUT2D eigenvalue weighted by Gasteiger charge is 2.35. The zero-order valence-electron chi connectivity index (χ0n) is 20.5. The average molecular weight is 549 g/mol. The van der Waals surface area contributed by atoms with E-state index in [2.05, 4.69) is 4.98 Å². The van der Waals surface area contributed by atoms with Crippen molar-refractivity contribution >= 4 is 28.4 Å². The Morgan fingerprint density at radius 1 is 1.14 bits per heavy atom. The van der Waals surface area contributed by atoms with Crippen molar-refractivity contribution in [1.29, 1.82) is 0 Å². The van der Waals surface area contributed by atoms with Crippen molar-refractivity contribution in [2.24, 2.45) is 5.73 Å². The molecule has 1 unspecified atom stereocenters. The number of benzene rings is 1. The SMILES string of the molecule is C=O.CC(C)Oc1ccc(S(C)(=O)=O)cc1C(C(N)=O)N1CCN(c2ncc(C(F)(F)F)cc2F)CC1. The van der Waals surface area contributed by atoms with Crippen molar-refractivity contribution in [3.05, 3.63) is 47.4 Å². The Hall–Kier alpha value is -3.26. The van der Waals surface area contributed by atoms with Gasteiger partial charge in [-0.05, 0) is 38.1 Å². The zero-order chi connectivity index (χ0) is 28.1. The molecule has 0 aliphatic carbocycles. The number of halogens is 4. The summed E-state index contributed by atoms with van der Waals surface area (Å²) in [4.78, 5) is 27.3. The van der Waals surface area contributed by atoms with Crippen LogP contribution < -0.4 is 15.4 Å². The minimum Gasteiger partial charge on any atom is -0.491 e. The molecule has 1 aliphatic rings. The van der Waals surface area contributed by atoms with Crippen LogP contribution in [0.3, 0.4) is 0 Å². The number of primary amides is 1. The molecule has 1 aromatic heterocycles. The molecule has 2 aromatic rings. The molecule has 0 radical (unpaired) electrons. The van der Waals surface area contributed by atoms with Gasteiger partial charge in [-0.15, -0.1) is 0 Å². The van der Waals surface area contributed by atoms with E-state index in [1.807, 2.05) is 6.79 Å². The summed E-state index contributed by atoms with van der Waals surface area (Å²) in [5.74, 6) is -1.77. The monoisotopic (exact) mass is 548 g/mol. The number of carbonyl (C=O) groups excluding carboxylic acids is 2. The van der Waals surface area contributed by atoms with E-state index in [-0.39, 0.29) is 48.6 Å². The Morgan fingerprint density at radius 3 is 2.19 bits per heavy atom. The van der Waals surface area contributed by atoms with Crippen LogP contribution >= 0.6 is 0 Å². The number of carbonyl (C=O) groups is 2. The number of pyridine rings is 1. The smallest absolute Gasteiger partial charge is 0.417 e. The Kier molecular flexibility index (Phi) is 9.60. The molecule has 0 bridgehead atoms. The van der Waals surface area contributed by atoms with E-state index in [0.29, 0.717) is 18.0 Å². The molecule has 1 amide bonds. The standard InChI is InChI=1S/C22H26F4N4O4S.CH2O/c1-13(2)34-18-5-4-15(35(3,32)33)11-16(18)19(20(27)31)29-6-8-30(9-7-29)21-17(23)10-14(12-28-21)22(24,25)26;1-2/h4-5,10-13,19H,6-9H2,1-3H3,(H2,27,31);1H2. The van der Waals surface area contributed by atoms with Crippen LogP contribution in [0.2, 0.25) is 0 Å². The maximum absolute atomic E-state index is 14.4. The lowest BCUT2D eigenvalue weighted by Gasteiger charge is -2.39. The van der Waals surface area contributed by atoms with E-state index < -0.39 is 39.3 Å². The van der Waals surface area contributed by atoms with Crippen LogP contribution in [0.5, 0.6) is 5.75 Å². The first-order chi connectivity index (χ1) is 17.2. The van der Waals surface area contributed by atoms with E-state index >= 15 is 0 Å². The van der Waals surface area contributed by atoms with Gasteiger partial charge in [0.15, 0.2) is 21.5 Å². The lowest BCUT2D eigenvalue weighted by Crippen LogP contribution is -2.51. The summed E-state index contributed by atoms with van der Waals surface area (Å²) < 4.78 is 82.8. The van der Waals surface area contributed by atoms with Gasteiger partial charge in [0.05, 0.1) is 16.6 Å². The average Bonchev–Trinajstić information content (AvgIpc) is 2.80. The number of nitrogens with zero attached hydrogens (tertiary/aromatic N) is 3. The fourth-order valence-electron chi connectivity index (χ4n) is 3.87. The van der Waals surface area contributed by atoms with E-state index in [4.69, 9.17) is 15.3 Å². The third kappa shape index (κ3) is 7.38. The second kappa shape index (κ2) is 11.9. The molecule has 37 heavy (non-hydrogen) atoms. The van der Waals surface area contributed by atoms with Gasteiger partial charge in [-0.3, -0.25) is 9.69 Å². The molecule has 9 nitrogen and oxygen atoms in total. The number of anilines is 1. The second-order valence-corrected chi connectivity index (χ2v) is 10.5. The van der Waals surface area contributed by atoms with E-state index in [9.17, 15) is 30.8 Å². The molecule has 2 heterocycles. The fourth-order valence-corrected chi connectivity index (χ4v) is 4.53. The molecule has 14 heteroatoms. The molecular formula is C23H28F4N4O5S. The molecular weight excluding hydrogens is 520 g/mol. The Bertz CT molecular complexity index is 1220. The van der Waals surface area contributed by atoms with Gasteiger partial charge in [-0.25, -0.2) is 17.8 Å². The highest BCUT2D eigenvalue weighted by Crippen LogP contribution is 2.34. The number of amides is 1. The first kappa shape index (κ1) is 30.0. The van der Waals surface area contributed by atoms with Crippen molar-refractivity contribution in [3.8, 4) is 5.75 Å². The van der Waals surface area contributed by atoms with Crippen LogP contribution in [0.15, 0.2) is 35.4 Å². The summed E-state index contributed by atoms with van der Waals surface area (Å²) in [6.45, 7) is 6.20. The van der Waals surface area contributed by atoms with Crippen LogP contribution in [0.1, 0.15) is 31.0 Å². The van der Waals surface area contributed by atoms with Gasteiger partial charge in [-0.2, -0.15) is 13.2 Å². The quantitative estimate of drug-likeness (QED) is 0.524. The van der Waals surface area contributed by atoms with Gasteiger partial charge >= 0.3 is 6.18 Å². The topological polar surface area (TPSA) is 123 Å². The number of piperazine rings is 1. The molecule has 0 spiro atoms. The molecule has 2 N–H and O–H groups in total. The summed E-state index contributed by atoms with van der Waals surface area (Å²) in [5, 5.41) is 0. The Balaban J connectivity index is 0.00000235. The number of hydrogen-bond donors (Lipinski definition) is 1. The Morgan fingerprint density at radius 2 is 1.73 bits per heavy atom. The zero-order valence-corrected chi connectivity index (χ0v) is 21.3. The normalized spacial score (nSPS) is 15.6. The summed E-state index contributed by atoms with van der Waals surface area (Å²) in [6, 6.07) is 3.56.